The highest BCUT2D eigenvalue weighted by atomic mass is 16.6. The Morgan fingerprint density at radius 1 is 1.17 bits per heavy atom. The summed E-state index contributed by atoms with van der Waals surface area (Å²) in [6.07, 6.45) is 0.620. The van der Waals surface area contributed by atoms with E-state index in [1.54, 1.807) is 18.9 Å². The zero-order chi connectivity index (χ0) is 21.9. The molecule has 3 atom stereocenters. The molecule has 1 rings (SSSR count). The number of nitroso groups, excluding NO2 is 1. The number of likely N-dealkylation sites (N-methyl/N-ethyl adjacent to an activating group) is 1. The van der Waals surface area contributed by atoms with Crippen molar-refractivity contribution >= 4 is 6.09 Å². The highest BCUT2D eigenvalue weighted by molar-refractivity contribution is 5.68. The first kappa shape index (κ1) is 25.0. The molecule has 1 aromatic carbocycles. The standard InChI is InChI=1S/C22H36N2O5/c1-7-24(21(25)29-22(3,4)5)20(17(2)23-26)14-13-19(27-6)16-28-15-18-11-9-8-10-12-18/h8-12,17,19-20H,7,13-16H2,1-6H3. The van der Waals surface area contributed by atoms with Crippen LogP contribution in [0.1, 0.15) is 53.0 Å². The minimum atomic E-state index is -0.604. The molecule has 0 aromatic heterocycles. The fourth-order valence-corrected chi connectivity index (χ4v) is 3.06. The lowest BCUT2D eigenvalue weighted by Gasteiger charge is -2.34. The highest BCUT2D eigenvalue weighted by Crippen LogP contribution is 2.20. The molecular weight excluding hydrogens is 372 g/mol. The van der Waals surface area contributed by atoms with Crippen LogP contribution < -0.4 is 0 Å². The summed E-state index contributed by atoms with van der Waals surface area (Å²) in [6.45, 7) is 10.4. The average molecular weight is 409 g/mol. The molecule has 3 unspecified atom stereocenters. The van der Waals surface area contributed by atoms with Crippen molar-refractivity contribution in [1.29, 1.82) is 0 Å². The summed E-state index contributed by atoms with van der Waals surface area (Å²) < 4.78 is 16.8. The number of carbonyl (C=O) groups excluding carboxylic acids is 1. The maximum Gasteiger partial charge on any atom is 0.410 e. The van der Waals surface area contributed by atoms with Crippen LogP contribution in [0.4, 0.5) is 4.79 Å². The van der Waals surface area contributed by atoms with Crippen LogP contribution in [0.3, 0.4) is 0 Å². The number of amides is 1. The van der Waals surface area contributed by atoms with E-state index in [1.165, 1.54) is 0 Å². The maximum absolute atomic E-state index is 12.6. The summed E-state index contributed by atoms with van der Waals surface area (Å²) in [6, 6.07) is 9.02. The Labute approximate surface area is 174 Å². The lowest BCUT2D eigenvalue weighted by Crippen LogP contribution is -2.48. The normalized spacial score (nSPS) is 14.7. The second kappa shape index (κ2) is 12.5. The van der Waals surface area contributed by atoms with Crippen LogP contribution in [0.15, 0.2) is 35.5 Å². The third-order valence-electron chi connectivity index (χ3n) is 4.63. The molecule has 1 amide bonds. The van der Waals surface area contributed by atoms with Gasteiger partial charge in [-0.1, -0.05) is 35.5 Å². The number of hydrogen-bond acceptors (Lipinski definition) is 6. The first-order valence-corrected chi connectivity index (χ1v) is 10.2. The first-order chi connectivity index (χ1) is 13.7. The van der Waals surface area contributed by atoms with Gasteiger partial charge in [0.05, 0.1) is 25.4 Å². The molecule has 0 aliphatic rings. The molecule has 0 saturated heterocycles. The third kappa shape index (κ3) is 9.37. The van der Waals surface area contributed by atoms with Crippen molar-refractivity contribution in [2.75, 3.05) is 20.3 Å². The van der Waals surface area contributed by atoms with E-state index in [1.807, 2.05) is 58.0 Å². The fraction of sp³-hybridized carbons (Fsp3) is 0.682. The van der Waals surface area contributed by atoms with Gasteiger partial charge in [0, 0.05) is 13.7 Å². The largest absolute Gasteiger partial charge is 0.444 e. The number of nitrogens with zero attached hydrogens (tertiary/aromatic N) is 2. The first-order valence-electron chi connectivity index (χ1n) is 10.2. The number of rotatable bonds is 12. The number of hydrogen-bond donors (Lipinski definition) is 0. The molecule has 0 spiro atoms. The van der Waals surface area contributed by atoms with Crippen LogP contribution in [0.5, 0.6) is 0 Å². The molecule has 0 bridgehead atoms. The van der Waals surface area contributed by atoms with Gasteiger partial charge < -0.3 is 19.1 Å². The molecule has 0 heterocycles. The van der Waals surface area contributed by atoms with Gasteiger partial charge in [-0.05, 0) is 53.0 Å². The van der Waals surface area contributed by atoms with Crippen LogP contribution >= 0.6 is 0 Å². The Morgan fingerprint density at radius 2 is 1.83 bits per heavy atom. The Kier molecular flexibility index (Phi) is 10.8. The Bertz CT molecular complexity index is 603. The van der Waals surface area contributed by atoms with Crippen molar-refractivity contribution in [1.82, 2.24) is 4.90 Å². The number of methoxy groups -OCH3 is 1. The van der Waals surface area contributed by atoms with Crippen molar-refractivity contribution in [3.63, 3.8) is 0 Å². The molecule has 0 saturated carbocycles. The van der Waals surface area contributed by atoms with E-state index in [4.69, 9.17) is 14.2 Å². The van der Waals surface area contributed by atoms with E-state index in [0.29, 0.717) is 32.6 Å². The molecule has 0 radical (unpaired) electrons. The molecule has 0 fully saturated rings. The average Bonchev–Trinajstić information content (AvgIpc) is 2.68. The lowest BCUT2D eigenvalue weighted by atomic mass is 10.0. The summed E-state index contributed by atoms with van der Waals surface area (Å²) in [5.41, 5.74) is 0.494. The smallest absolute Gasteiger partial charge is 0.410 e. The molecule has 0 N–H and O–H groups in total. The second-order valence-electron chi connectivity index (χ2n) is 8.12. The van der Waals surface area contributed by atoms with Crippen LogP contribution in [0.2, 0.25) is 0 Å². The van der Waals surface area contributed by atoms with Gasteiger partial charge in [-0.3, -0.25) is 0 Å². The molecule has 7 heteroatoms. The van der Waals surface area contributed by atoms with Crippen LogP contribution in [0.25, 0.3) is 0 Å². The van der Waals surface area contributed by atoms with Crippen LogP contribution in [0, 0.1) is 4.91 Å². The molecule has 7 nitrogen and oxygen atoms in total. The minimum Gasteiger partial charge on any atom is -0.444 e. The molecule has 0 aliphatic heterocycles. The molecule has 0 aliphatic carbocycles. The number of ether oxygens (including phenoxy) is 3. The van der Waals surface area contributed by atoms with Gasteiger partial charge in [-0.25, -0.2) is 4.79 Å². The third-order valence-corrected chi connectivity index (χ3v) is 4.63. The second-order valence-corrected chi connectivity index (χ2v) is 8.12. The van der Waals surface area contributed by atoms with Crippen molar-refractivity contribution in [2.24, 2.45) is 5.18 Å². The van der Waals surface area contributed by atoms with Gasteiger partial charge in [-0.15, -0.1) is 0 Å². The minimum absolute atomic E-state index is 0.141. The van der Waals surface area contributed by atoms with E-state index in [-0.39, 0.29) is 12.1 Å². The van der Waals surface area contributed by atoms with Gasteiger partial charge >= 0.3 is 6.09 Å². The van der Waals surface area contributed by atoms with Crippen LogP contribution in [-0.4, -0.2) is 55.0 Å². The van der Waals surface area contributed by atoms with Crippen molar-refractivity contribution in [3.8, 4) is 0 Å². The van der Waals surface area contributed by atoms with Crippen molar-refractivity contribution in [3.05, 3.63) is 40.8 Å². The Morgan fingerprint density at radius 3 is 2.34 bits per heavy atom. The summed E-state index contributed by atoms with van der Waals surface area (Å²) in [7, 11) is 1.64. The van der Waals surface area contributed by atoms with E-state index in [9.17, 15) is 9.70 Å². The lowest BCUT2D eigenvalue weighted by molar-refractivity contribution is -0.0109. The topological polar surface area (TPSA) is 77.4 Å². The quantitative estimate of drug-likeness (QED) is 0.465. The van der Waals surface area contributed by atoms with E-state index < -0.39 is 17.7 Å². The van der Waals surface area contributed by atoms with Crippen LogP contribution in [-0.2, 0) is 20.8 Å². The number of carbonyl (C=O) groups is 1. The zero-order valence-corrected chi connectivity index (χ0v) is 18.6. The highest BCUT2D eigenvalue weighted by Gasteiger charge is 2.32. The van der Waals surface area contributed by atoms with Gasteiger partial charge in [-0.2, -0.15) is 4.91 Å². The van der Waals surface area contributed by atoms with Gasteiger partial charge in [0.15, 0.2) is 0 Å². The summed E-state index contributed by atoms with van der Waals surface area (Å²) in [5.74, 6) is 0. The van der Waals surface area contributed by atoms with Gasteiger partial charge in [0.25, 0.3) is 0 Å². The Balaban J connectivity index is 2.67. The van der Waals surface area contributed by atoms with E-state index >= 15 is 0 Å². The SMILES string of the molecule is CCN(C(=O)OC(C)(C)C)C(CCC(COCc1ccccc1)OC)C(C)N=O. The summed E-state index contributed by atoms with van der Waals surface area (Å²) in [4.78, 5) is 25.4. The fourth-order valence-electron chi connectivity index (χ4n) is 3.06. The molecule has 1 aromatic rings. The van der Waals surface area contributed by atoms with E-state index in [0.717, 1.165) is 5.56 Å². The summed E-state index contributed by atoms with van der Waals surface area (Å²) >= 11 is 0. The Hall–Kier alpha value is -1.99. The monoisotopic (exact) mass is 408 g/mol. The van der Waals surface area contributed by atoms with Crippen molar-refractivity contribution < 1.29 is 19.0 Å². The van der Waals surface area contributed by atoms with E-state index in [2.05, 4.69) is 5.18 Å². The molecule has 29 heavy (non-hydrogen) atoms. The van der Waals surface area contributed by atoms with Crippen molar-refractivity contribution in [2.45, 2.75) is 77.9 Å². The predicted octanol–water partition coefficient (Wildman–Crippen LogP) is 4.78. The van der Waals surface area contributed by atoms with Gasteiger partial charge in [0.2, 0.25) is 0 Å². The maximum atomic E-state index is 12.6. The molecular formula is C22H36N2O5. The summed E-state index contributed by atoms with van der Waals surface area (Å²) in [5, 5.41) is 3.17. The zero-order valence-electron chi connectivity index (χ0n) is 18.6. The number of benzene rings is 1. The van der Waals surface area contributed by atoms with Gasteiger partial charge in [0.1, 0.15) is 11.6 Å². The molecule has 164 valence electrons. The predicted molar refractivity (Wildman–Crippen MR) is 114 cm³/mol.